The van der Waals surface area contributed by atoms with Gasteiger partial charge < -0.3 is 9.26 Å². The minimum absolute atomic E-state index is 0.120. The molecule has 0 aliphatic heterocycles. The zero-order chi connectivity index (χ0) is 12.3. The molecule has 0 saturated heterocycles. The van der Waals surface area contributed by atoms with Gasteiger partial charge in [0.1, 0.15) is 11.6 Å². The monoisotopic (exact) mass is 300 g/mol. The Morgan fingerprint density at radius 2 is 2.29 bits per heavy atom. The molecule has 0 aliphatic carbocycles. The Morgan fingerprint density at radius 1 is 1.47 bits per heavy atom. The van der Waals surface area contributed by atoms with Gasteiger partial charge in [-0.15, -0.1) is 0 Å². The zero-order valence-corrected chi connectivity index (χ0v) is 10.7. The van der Waals surface area contributed by atoms with E-state index in [0.717, 1.165) is 0 Å². The van der Waals surface area contributed by atoms with Gasteiger partial charge in [-0.1, -0.05) is 12.1 Å². The van der Waals surface area contributed by atoms with E-state index in [-0.39, 0.29) is 12.4 Å². The SMILES string of the molecule is CCc1noc(COc2cc(F)ccc2Br)n1. The van der Waals surface area contributed by atoms with Crippen molar-refractivity contribution in [2.45, 2.75) is 20.0 Å². The summed E-state index contributed by atoms with van der Waals surface area (Å²) in [6.07, 6.45) is 0.702. The molecule has 2 rings (SSSR count). The second-order valence-corrected chi connectivity index (χ2v) is 4.18. The Labute approximate surface area is 106 Å². The molecule has 0 radical (unpaired) electrons. The summed E-state index contributed by atoms with van der Waals surface area (Å²) in [5.74, 6) is 1.05. The maximum Gasteiger partial charge on any atom is 0.264 e. The van der Waals surface area contributed by atoms with Crippen LogP contribution in [-0.4, -0.2) is 10.1 Å². The molecule has 1 aromatic heterocycles. The van der Waals surface area contributed by atoms with Crippen molar-refractivity contribution in [2.24, 2.45) is 0 Å². The zero-order valence-electron chi connectivity index (χ0n) is 9.11. The van der Waals surface area contributed by atoms with Gasteiger partial charge >= 0.3 is 0 Å². The van der Waals surface area contributed by atoms with Gasteiger partial charge in [0, 0.05) is 12.5 Å². The molecule has 90 valence electrons. The molecule has 0 fully saturated rings. The Balaban J connectivity index is 2.04. The number of aromatic nitrogens is 2. The summed E-state index contributed by atoms with van der Waals surface area (Å²) >= 11 is 3.26. The summed E-state index contributed by atoms with van der Waals surface area (Å²) in [5, 5.41) is 3.74. The van der Waals surface area contributed by atoms with E-state index in [2.05, 4.69) is 26.1 Å². The first-order chi connectivity index (χ1) is 8.19. The number of rotatable bonds is 4. The van der Waals surface area contributed by atoms with E-state index in [9.17, 15) is 4.39 Å². The molecule has 0 N–H and O–H groups in total. The first-order valence-corrected chi connectivity index (χ1v) is 5.87. The van der Waals surface area contributed by atoms with Crippen LogP contribution < -0.4 is 4.74 Å². The quantitative estimate of drug-likeness (QED) is 0.870. The fraction of sp³-hybridized carbons (Fsp3) is 0.273. The minimum atomic E-state index is -0.358. The first kappa shape index (κ1) is 12.0. The predicted octanol–water partition coefficient (Wildman–Crippen LogP) is 3.11. The molecule has 0 aliphatic rings. The van der Waals surface area contributed by atoms with Crippen LogP contribution in [0.3, 0.4) is 0 Å². The van der Waals surface area contributed by atoms with Crippen LogP contribution in [0.1, 0.15) is 18.6 Å². The molecule has 4 nitrogen and oxygen atoms in total. The highest BCUT2D eigenvalue weighted by atomic mass is 79.9. The maximum atomic E-state index is 13.0. The Bertz CT molecular complexity index is 516. The van der Waals surface area contributed by atoms with Crippen LogP contribution in [0.15, 0.2) is 27.2 Å². The average molecular weight is 301 g/mol. The van der Waals surface area contributed by atoms with Gasteiger partial charge in [0.2, 0.25) is 0 Å². The molecule has 0 spiro atoms. The van der Waals surface area contributed by atoms with Crippen LogP contribution in [0, 0.1) is 5.82 Å². The van der Waals surface area contributed by atoms with Crippen molar-refractivity contribution in [3.63, 3.8) is 0 Å². The number of ether oxygens (including phenoxy) is 1. The highest BCUT2D eigenvalue weighted by molar-refractivity contribution is 9.10. The van der Waals surface area contributed by atoms with Crippen molar-refractivity contribution in [1.82, 2.24) is 10.1 Å². The van der Waals surface area contributed by atoms with Gasteiger partial charge in [-0.25, -0.2) is 4.39 Å². The lowest BCUT2D eigenvalue weighted by Gasteiger charge is -2.05. The lowest BCUT2D eigenvalue weighted by molar-refractivity contribution is 0.240. The second kappa shape index (κ2) is 5.27. The fourth-order valence-corrected chi connectivity index (χ4v) is 1.58. The van der Waals surface area contributed by atoms with E-state index < -0.39 is 0 Å². The lowest BCUT2D eigenvalue weighted by Crippen LogP contribution is -1.97. The van der Waals surface area contributed by atoms with Crippen LogP contribution in [-0.2, 0) is 13.0 Å². The van der Waals surface area contributed by atoms with E-state index >= 15 is 0 Å². The van der Waals surface area contributed by atoms with Crippen LogP contribution in [0.2, 0.25) is 0 Å². The molecule has 6 heteroatoms. The third-order valence-electron chi connectivity index (χ3n) is 2.07. The Morgan fingerprint density at radius 3 is 3.00 bits per heavy atom. The topological polar surface area (TPSA) is 48.2 Å². The van der Waals surface area contributed by atoms with Gasteiger partial charge in [-0.3, -0.25) is 0 Å². The van der Waals surface area contributed by atoms with E-state index in [4.69, 9.17) is 9.26 Å². The van der Waals surface area contributed by atoms with E-state index in [0.29, 0.717) is 28.4 Å². The van der Waals surface area contributed by atoms with Crippen molar-refractivity contribution in [2.75, 3.05) is 0 Å². The van der Waals surface area contributed by atoms with Crippen molar-refractivity contribution in [3.05, 3.63) is 40.2 Å². The van der Waals surface area contributed by atoms with Crippen molar-refractivity contribution in [1.29, 1.82) is 0 Å². The number of aryl methyl sites for hydroxylation is 1. The summed E-state index contributed by atoms with van der Waals surface area (Å²) < 4.78 is 24.0. The number of benzene rings is 1. The molecule has 2 aromatic rings. The predicted molar refractivity (Wildman–Crippen MR) is 62.1 cm³/mol. The molecule has 0 atom stereocenters. The highest BCUT2D eigenvalue weighted by Crippen LogP contribution is 2.26. The smallest absolute Gasteiger partial charge is 0.264 e. The van der Waals surface area contributed by atoms with E-state index in [1.54, 1.807) is 6.07 Å². The Hall–Kier alpha value is -1.43. The van der Waals surface area contributed by atoms with Gasteiger partial charge in [-0.05, 0) is 28.1 Å². The number of hydrogen-bond acceptors (Lipinski definition) is 4. The molecule has 0 unspecified atom stereocenters. The van der Waals surface area contributed by atoms with Crippen molar-refractivity contribution in [3.8, 4) is 5.75 Å². The molecule has 0 amide bonds. The molecular weight excluding hydrogens is 291 g/mol. The van der Waals surface area contributed by atoms with Gasteiger partial charge in [-0.2, -0.15) is 4.98 Å². The van der Waals surface area contributed by atoms with Crippen molar-refractivity contribution >= 4 is 15.9 Å². The van der Waals surface area contributed by atoms with Gasteiger partial charge in [0.15, 0.2) is 12.4 Å². The summed E-state index contributed by atoms with van der Waals surface area (Å²) in [6, 6.07) is 4.22. The normalized spacial score (nSPS) is 10.5. The molecule has 1 heterocycles. The van der Waals surface area contributed by atoms with E-state index in [1.165, 1.54) is 12.1 Å². The summed E-state index contributed by atoms with van der Waals surface area (Å²) in [4.78, 5) is 4.08. The third-order valence-corrected chi connectivity index (χ3v) is 2.73. The number of nitrogens with zero attached hydrogens (tertiary/aromatic N) is 2. The van der Waals surface area contributed by atoms with Crippen LogP contribution in [0.5, 0.6) is 5.75 Å². The fourth-order valence-electron chi connectivity index (χ4n) is 1.22. The number of halogens is 2. The summed E-state index contributed by atoms with van der Waals surface area (Å²) in [6.45, 7) is 2.05. The Kier molecular flexibility index (Phi) is 3.73. The van der Waals surface area contributed by atoms with Crippen LogP contribution in [0.4, 0.5) is 4.39 Å². The van der Waals surface area contributed by atoms with Crippen LogP contribution in [0.25, 0.3) is 0 Å². The van der Waals surface area contributed by atoms with Gasteiger partial charge in [0.25, 0.3) is 5.89 Å². The average Bonchev–Trinajstić information content (AvgIpc) is 2.78. The van der Waals surface area contributed by atoms with Crippen LogP contribution >= 0.6 is 15.9 Å². The van der Waals surface area contributed by atoms with E-state index in [1.807, 2.05) is 6.92 Å². The third kappa shape index (κ3) is 3.03. The molecule has 0 saturated carbocycles. The van der Waals surface area contributed by atoms with Gasteiger partial charge in [0.05, 0.1) is 4.47 Å². The standard InChI is InChI=1S/C11H10BrFN2O2/c1-2-10-14-11(17-15-10)6-16-9-5-7(13)3-4-8(9)12/h3-5H,2,6H2,1H3. The first-order valence-electron chi connectivity index (χ1n) is 5.08. The lowest BCUT2D eigenvalue weighted by atomic mass is 10.3. The highest BCUT2D eigenvalue weighted by Gasteiger charge is 2.08. The molecule has 1 aromatic carbocycles. The molecule has 0 bridgehead atoms. The molecular formula is C11H10BrFN2O2. The summed E-state index contributed by atoms with van der Waals surface area (Å²) in [5.41, 5.74) is 0. The molecule has 17 heavy (non-hydrogen) atoms. The number of hydrogen-bond donors (Lipinski definition) is 0. The van der Waals surface area contributed by atoms with Crippen molar-refractivity contribution < 1.29 is 13.7 Å². The maximum absolute atomic E-state index is 13.0. The largest absolute Gasteiger partial charge is 0.482 e. The second-order valence-electron chi connectivity index (χ2n) is 3.32. The summed E-state index contributed by atoms with van der Waals surface area (Å²) in [7, 11) is 0. The minimum Gasteiger partial charge on any atom is -0.482 e.